The summed E-state index contributed by atoms with van der Waals surface area (Å²) in [7, 11) is 0. The molecule has 0 atom stereocenters. The van der Waals surface area contributed by atoms with Gasteiger partial charge >= 0.3 is 0 Å². The van der Waals surface area contributed by atoms with Gasteiger partial charge in [0.1, 0.15) is 12.8 Å². The van der Waals surface area contributed by atoms with Gasteiger partial charge in [0, 0.05) is 29.4 Å². The van der Waals surface area contributed by atoms with Crippen LogP contribution in [0.5, 0.6) is 0 Å². The van der Waals surface area contributed by atoms with E-state index in [9.17, 15) is 8.78 Å². The number of hydrogen-bond acceptors (Lipinski definition) is 6. The molecule has 2 aromatic carbocycles. The molecule has 4 rings (SSSR count). The lowest BCUT2D eigenvalue weighted by Crippen LogP contribution is -2.28. The fourth-order valence-corrected chi connectivity index (χ4v) is 2.89. The zero-order valence-electron chi connectivity index (χ0n) is 15.2. The van der Waals surface area contributed by atoms with Crippen LogP contribution < -0.4 is 5.32 Å². The number of alkyl halides is 2. The van der Waals surface area contributed by atoms with E-state index in [0.717, 1.165) is 18.2 Å². The number of rotatable bonds is 5. The summed E-state index contributed by atoms with van der Waals surface area (Å²) in [6.07, 6.45) is 0. The molecule has 0 bridgehead atoms. The molecule has 1 fully saturated rings. The molecule has 28 heavy (non-hydrogen) atoms. The second-order valence-corrected chi connectivity index (χ2v) is 6.58. The molecule has 1 saturated heterocycles. The van der Waals surface area contributed by atoms with E-state index in [4.69, 9.17) is 9.47 Å². The molecule has 7 nitrogen and oxygen atoms in total. The maximum atomic E-state index is 13.4. The van der Waals surface area contributed by atoms with Crippen molar-refractivity contribution < 1.29 is 18.3 Å². The molecule has 0 saturated carbocycles. The van der Waals surface area contributed by atoms with E-state index in [2.05, 4.69) is 20.7 Å². The number of para-hydroxylation sites is 1. The Kier molecular flexibility index (Phi) is 5.01. The topological polar surface area (TPSA) is 74.1 Å². The number of halogens is 2. The van der Waals surface area contributed by atoms with Crippen molar-refractivity contribution in [1.29, 1.82) is 0 Å². The number of nitrogens with one attached hydrogen (secondary N) is 1. The predicted octanol–water partition coefficient (Wildman–Crippen LogP) is 3.74. The zero-order valence-corrected chi connectivity index (χ0v) is 15.2. The molecule has 0 aliphatic carbocycles. The number of tetrazole rings is 1. The average molecular weight is 387 g/mol. The third-order valence-corrected chi connectivity index (χ3v) is 4.38. The first kappa shape index (κ1) is 18.5. The van der Waals surface area contributed by atoms with Gasteiger partial charge in [0.05, 0.1) is 13.2 Å². The maximum absolute atomic E-state index is 13.4. The first-order valence-corrected chi connectivity index (χ1v) is 8.80. The lowest BCUT2D eigenvalue weighted by atomic mass is 10.1. The summed E-state index contributed by atoms with van der Waals surface area (Å²) in [5.41, 5.74) is 2.14. The summed E-state index contributed by atoms with van der Waals surface area (Å²) in [4.78, 5) is 1.49. The number of ether oxygens (including phenoxy) is 2. The Labute approximate surface area is 160 Å². The molecule has 1 aromatic heterocycles. The summed E-state index contributed by atoms with van der Waals surface area (Å²) in [6, 6.07) is 13.4. The minimum absolute atomic E-state index is 0.0344. The van der Waals surface area contributed by atoms with E-state index < -0.39 is 5.92 Å². The SMILES string of the molecule is CC(F)(F)c1ccc(Nc2ccccc2-c2nnn(C3COCOC3)n2)cc1. The maximum Gasteiger partial charge on any atom is 0.270 e. The largest absolute Gasteiger partial charge is 0.355 e. The summed E-state index contributed by atoms with van der Waals surface area (Å²) in [5.74, 6) is -2.42. The Morgan fingerprint density at radius 2 is 1.79 bits per heavy atom. The fraction of sp³-hybridized carbons (Fsp3) is 0.316. The normalized spacial score (nSPS) is 15.5. The lowest BCUT2D eigenvalue weighted by Gasteiger charge is -2.20. The Morgan fingerprint density at radius 1 is 1.07 bits per heavy atom. The van der Waals surface area contributed by atoms with Crippen molar-refractivity contribution in [1.82, 2.24) is 20.2 Å². The Morgan fingerprint density at radius 3 is 2.50 bits per heavy atom. The van der Waals surface area contributed by atoms with Crippen LogP contribution in [-0.2, 0) is 15.4 Å². The van der Waals surface area contributed by atoms with E-state index in [0.29, 0.717) is 24.7 Å². The van der Waals surface area contributed by atoms with Gasteiger partial charge < -0.3 is 14.8 Å². The van der Waals surface area contributed by atoms with Gasteiger partial charge in [0.15, 0.2) is 0 Å². The molecule has 9 heteroatoms. The molecular weight excluding hydrogens is 368 g/mol. The van der Waals surface area contributed by atoms with Crippen molar-refractivity contribution in [3.8, 4) is 11.4 Å². The van der Waals surface area contributed by atoms with Crippen LogP contribution in [0, 0.1) is 0 Å². The number of aromatic nitrogens is 4. The molecular formula is C19H19F2N5O2. The summed E-state index contributed by atoms with van der Waals surface area (Å²) >= 11 is 0. The predicted molar refractivity (Wildman–Crippen MR) is 98.4 cm³/mol. The van der Waals surface area contributed by atoms with Crippen LogP contribution in [0.25, 0.3) is 11.4 Å². The van der Waals surface area contributed by atoms with Gasteiger partial charge in [-0.25, -0.2) is 8.78 Å². The third kappa shape index (κ3) is 4.00. The highest BCUT2D eigenvalue weighted by Gasteiger charge is 2.24. The molecule has 0 amide bonds. The average Bonchev–Trinajstić information content (AvgIpc) is 3.19. The standard InChI is InChI=1S/C19H19F2N5O2/c1-19(20,21)13-6-8-14(9-7-13)22-17-5-3-2-4-16(17)18-23-25-26(24-18)15-10-27-12-28-11-15/h2-9,15,22H,10-12H2,1H3. The van der Waals surface area contributed by atoms with Crippen molar-refractivity contribution in [2.45, 2.75) is 18.9 Å². The molecule has 146 valence electrons. The Bertz CT molecular complexity index is 934. The van der Waals surface area contributed by atoms with Gasteiger partial charge in [-0.15, -0.1) is 10.2 Å². The Balaban J connectivity index is 1.56. The zero-order chi connectivity index (χ0) is 19.6. The van der Waals surface area contributed by atoms with Gasteiger partial charge in [-0.05, 0) is 29.5 Å². The molecule has 1 aliphatic rings. The molecule has 0 unspecified atom stereocenters. The van der Waals surface area contributed by atoms with Gasteiger partial charge in [-0.2, -0.15) is 4.80 Å². The van der Waals surface area contributed by atoms with Crippen LogP contribution in [0.1, 0.15) is 18.5 Å². The van der Waals surface area contributed by atoms with Crippen LogP contribution >= 0.6 is 0 Å². The van der Waals surface area contributed by atoms with Crippen molar-refractivity contribution in [2.75, 3.05) is 25.3 Å². The quantitative estimate of drug-likeness (QED) is 0.719. The van der Waals surface area contributed by atoms with Gasteiger partial charge in [-0.1, -0.05) is 24.3 Å². The van der Waals surface area contributed by atoms with E-state index >= 15 is 0 Å². The van der Waals surface area contributed by atoms with Gasteiger partial charge in [-0.3, -0.25) is 0 Å². The van der Waals surface area contributed by atoms with E-state index in [1.54, 1.807) is 12.1 Å². The minimum Gasteiger partial charge on any atom is -0.355 e. The van der Waals surface area contributed by atoms with E-state index in [1.807, 2.05) is 24.3 Å². The molecule has 1 N–H and O–H groups in total. The van der Waals surface area contributed by atoms with Crippen LogP contribution in [0.2, 0.25) is 0 Å². The number of anilines is 2. The highest BCUT2D eigenvalue weighted by molar-refractivity contribution is 5.77. The van der Waals surface area contributed by atoms with Gasteiger partial charge in [0.25, 0.3) is 5.92 Å². The third-order valence-electron chi connectivity index (χ3n) is 4.38. The monoisotopic (exact) mass is 387 g/mol. The number of hydrogen-bond donors (Lipinski definition) is 1. The molecule has 3 aromatic rings. The van der Waals surface area contributed by atoms with Crippen molar-refractivity contribution >= 4 is 11.4 Å². The van der Waals surface area contributed by atoms with Crippen LogP contribution in [-0.4, -0.2) is 40.2 Å². The number of nitrogens with zero attached hydrogens (tertiary/aromatic N) is 4. The van der Waals surface area contributed by atoms with Crippen LogP contribution in [0.15, 0.2) is 48.5 Å². The van der Waals surface area contributed by atoms with Gasteiger partial charge in [0.2, 0.25) is 5.82 Å². The fourth-order valence-electron chi connectivity index (χ4n) is 2.89. The first-order chi connectivity index (χ1) is 13.5. The van der Waals surface area contributed by atoms with E-state index in [-0.39, 0.29) is 18.4 Å². The highest BCUT2D eigenvalue weighted by atomic mass is 19.3. The van der Waals surface area contributed by atoms with Crippen LogP contribution in [0.3, 0.4) is 0 Å². The van der Waals surface area contributed by atoms with Crippen molar-refractivity contribution in [2.24, 2.45) is 0 Å². The molecule has 1 aliphatic heterocycles. The molecule has 0 radical (unpaired) electrons. The van der Waals surface area contributed by atoms with Crippen molar-refractivity contribution in [3.63, 3.8) is 0 Å². The second-order valence-electron chi connectivity index (χ2n) is 6.58. The summed E-state index contributed by atoms with van der Waals surface area (Å²) in [6.45, 7) is 2.07. The molecule has 0 spiro atoms. The second kappa shape index (κ2) is 7.61. The number of benzene rings is 2. The van der Waals surface area contributed by atoms with Crippen LogP contribution in [0.4, 0.5) is 20.2 Å². The summed E-state index contributed by atoms with van der Waals surface area (Å²) < 4.78 is 37.3. The highest BCUT2D eigenvalue weighted by Crippen LogP contribution is 2.31. The Hall–Kier alpha value is -2.91. The molecule has 2 heterocycles. The lowest BCUT2D eigenvalue weighted by molar-refractivity contribution is -0.125. The first-order valence-electron chi connectivity index (χ1n) is 8.80. The smallest absolute Gasteiger partial charge is 0.270 e. The van der Waals surface area contributed by atoms with Crippen molar-refractivity contribution in [3.05, 3.63) is 54.1 Å². The minimum atomic E-state index is -2.87. The summed E-state index contributed by atoms with van der Waals surface area (Å²) in [5, 5.41) is 15.9. The van der Waals surface area contributed by atoms with E-state index in [1.165, 1.54) is 16.9 Å².